The van der Waals surface area contributed by atoms with E-state index in [0.29, 0.717) is 12.2 Å². The van der Waals surface area contributed by atoms with Crippen LogP contribution in [0.25, 0.3) is 0 Å². The average Bonchev–Trinajstić information content (AvgIpc) is 2.60. The number of carbonyl (C=O) groups excluding carboxylic acids is 1. The van der Waals surface area contributed by atoms with Gasteiger partial charge < -0.3 is 0 Å². The predicted octanol–water partition coefficient (Wildman–Crippen LogP) is 4.84. The maximum atomic E-state index is 12.5. The molecule has 0 radical (unpaired) electrons. The average molecular weight is 309 g/mol. The van der Waals surface area contributed by atoms with E-state index in [1.54, 1.807) is 0 Å². The van der Waals surface area contributed by atoms with E-state index < -0.39 is 0 Å². The molecule has 0 spiro atoms. The first-order valence-electron chi connectivity index (χ1n) is 8.55. The second-order valence-corrected chi connectivity index (χ2v) is 6.12. The van der Waals surface area contributed by atoms with Crippen molar-refractivity contribution in [1.82, 2.24) is 4.90 Å². The molecule has 1 atom stereocenters. The molecule has 0 heterocycles. The molecule has 0 unspecified atom stereocenters. The Hall–Kier alpha value is -1.93. The maximum absolute atomic E-state index is 12.5. The van der Waals surface area contributed by atoms with Crippen molar-refractivity contribution < 1.29 is 4.79 Å². The number of carbonyl (C=O) groups is 1. The third-order valence-corrected chi connectivity index (χ3v) is 4.25. The van der Waals surface area contributed by atoms with Crippen LogP contribution in [-0.2, 0) is 17.9 Å². The number of unbranched alkanes of at least 4 members (excludes halogenated alkanes) is 1. The fourth-order valence-corrected chi connectivity index (χ4v) is 2.73. The highest BCUT2D eigenvalue weighted by molar-refractivity contribution is 5.83. The minimum absolute atomic E-state index is 0.0537. The Labute approximate surface area is 140 Å². The summed E-state index contributed by atoms with van der Waals surface area (Å²) in [4.78, 5) is 14.8. The number of nitrogens with zero attached hydrogens (tertiary/aromatic N) is 1. The van der Waals surface area contributed by atoms with Crippen LogP contribution in [0.4, 0.5) is 0 Å². The summed E-state index contributed by atoms with van der Waals surface area (Å²) in [6.45, 7) is 5.77. The van der Waals surface area contributed by atoms with Gasteiger partial charge in [-0.05, 0) is 24.5 Å². The number of Topliss-reactive ketones (excluding diaryl/α,β-unsaturated/α-hetero) is 1. The van der Waals surface area contributed by atoms with Crippen molar-refractivity contribution in [2.45, 2.75) is 52.2 Å². The quantitative estimate of drug-likeness (QED) is 0.661. The van der Waals surface area contributed by atoms with Gasteiger partial charge in [-0.1, -0.05) is 74.0 Å². The van der Waals surface area contributed by atoms with Crippen molar-refractivity contribution in [2.24, 2.45) is 0 Å². The molecule has 2 heteroatoms. The Morgan fingerprint density at radius 3 is 1.83 bits per heavy atom. The Morgan fingerprint density at radius 1 is 0.913 bits per heavy atom. The summed E-state index contributed by atoms with van der Waals surface area (Å²) in [5.41, 5.74) is 2.50. The van der Waals surface area contributed by atoms with E-state index in [4.69, 9.17) is 0 Å². The summed E-state index contributed by atoms with van der Waals surface area (Å²) in [6, 6.07) is 20.7. The van der Waals surface area contributed by atoms with E-state index in [1.807, 2.05) is 19.1 Å². The van der Waals surface area contributed by atoms with Crippen LogP contribution in [0.5, 0.6) is 0 Å². The fraction of sp³-hybridized carbons (Fsp3) is 0.381. The highest BCUT2D eigenvalue weighted by Gasteiger charge is 2.21. The Balaban J connectivity index is 2.11. The van der Waals surface area contributed by atoms with Gasteiger partial charge in [0.15, 0.2) is 0 Å². The number of rotatable bonds is 9. The van der Waals surface area contributed by atoms with Gasteiger partial charge in [0.1, 0.15) is 5.78 Å². The predicted molar refractivity (Wildman–Crippen MR) is 96.1 cm³/mol. The summed E-state index contributed by atoms with van der Waals surface area (Å²) >= 11 is 0. The molecule has 122 valence electrons. The highest BCUT2D eigenvalue weighted by atomic mass is 16.1. The van der Waals surface area contributed by atoms with E-state index in [0.717, 1.165) is 25.9 Å². The van der Waals surface area contributed by atoms with Crippen LogP contribution in [0, 0.1) is 0 Å². The van der Waals surface area contributed by atoms with Crippen LogP contribution in [-0.4, -0.2) is 16.7 Å². The van der Waals surface area contributed by atoms with Crippen molar-refractivity contribution in [2.75, 3.05) is 0 Å². The third kappa shape index (κ3) is 5.65. The van der Waals surface area contributed by atoms with Crippen molar-refractivity contribution >= 4 is 5.78 Å². The Kier molecular flexibility index (Phi) is 7.02. The minimum Gasteiger partial charge on any atom is -0.298 e. The van der Waals surface area contributed by atoms with Crippen LogP contribution in [0.15, 0.2) is 60.7 Å². The number of benzene rings is 2. The van der Waals surface area contributed by atoms with Crippen molar-refractivity contribution in [3.05, 3.63) is 71.8 Å². The second-order valence-electron chi connectivity index (χ2n) is 6.12. The van der Waals surface area contributed by atoms with Crippen LogP contribution in [0.3, 0.4) is 0 Å². The molecule has 0 aliphatic heterocycles. The molecule has 2 nitrogen and oxygen atoms in total. The van der Waals surface area contributed by atoms with E-state index >= 15 is 0 Å². The molecule has 2 aromatic carbocycles. The van der Waals surface area contributed by atoms with Crippen molar-refractivity contribution in [1.29, 1.82) is 0 Å². The molecule has 0 N–H and O–H groups in total. The maximum Gasteiger partial charge on any atom is 0.149 e. The van der Waals surface area contributed by atoms with Gasteiger partial charge in [-0.2, -0.15) is 0 Å². The third-order valence-electron chi connectivity index (χ3n) is 4.25. The summed E-state index contributed by atoms with van der Waals surface area (Å²) in [5.74, 6) is 0.346. The van der Waals surface area contributed by atoms with Gasteiger partial charge in [-0.25, -0.2) is 0 Å². The van der Waals surface area contributed by atoms with Crippen molar-refractivity contribution in [3.8, 4) is 0 Å². The van der Waals surface area contributed by atoms with Crippen LogP contribution in [0.2, 0.25) is 0 Å². The van der Waals surface area contributed by atoms with Crippen LogP contribution < -0.4 is 0 Å². The lowest BCUT2D eigenvalue weighted by Crippen LogP contribution is -2.38. The molecule has 0 aliphatic rings. The second kappa shape index (κ2) is 9.26. The molecule has 0 aliphatic carbocycles. The Morgan fingerprint density at radius 2 is 1.39 bits per heavy atom. The first kappa shape index (κ1) is 17.4. The highest BCUT2D eigenvalue weighted by Crippen LogP contribution is 2.15. The van der Waals surface area contributed by atoms with Gasteiger partial charge in [-0.15, -0.1) is 0 Å². The van der Waals surface area contributed by atoms with Crippen LogP contribution in [0.1, 0.15) is 44.2 Å². The summed E-state index contributed by atoms with van der Waals surface area (Å²) in [6.07, 6.45) is 2.72. The lowest BCUT2D eigenvalue weighted by Gasteiger charge is -2.28. The van der Waals surface area contributed by atoms with Gasteiger partial charge in [-0.3, -0.25) is 9.69 Å². The molecule has 0 fully saturated rings. The standard InChI is InChI=1S/C21H27NO/c1-3-4-15-21(23)18(2)22(16-19-11-7-5-8-12-19)17-20-13-9-6-10-14-20/h5-14,18H,3-4,15-17H2,1-2H3/t18-/m0/s1. The number of hydrogen-bond donors (Lipinski definition) is 0. The largest absolute Gasteiger partial charge is 0.298 e. The lowest BCUT2D eigenvalue weighted by atomic mass is 10.0. The number of hydrogen-bond acceptors (Lipinski definition) is 2. The molecule has 2 rings (SSSR count). The molecule has 2 aromatic rings. The molecule has 0 amide bonds. The topological polar surface area (TPSA) is 20.3 Å². The molecule has 0 saturated carbocycles. The summed E-state index contributed by atoms with van der Waals surface area (Å²) in [7, 11) is 0. The molecular weight excluding hydrogens is 282 g/mol. The van der Waals surface area contributed by atoms with Gasteiger partial charge in [0.25, 0.3) is 0 Å². The lowest BCUT2D eigenvalue weighted by molar-refractivity contribution is -0.124. The smallest absolute Gasteiger partial charge is 0.149 e. The molecule has 0 bridgehead atoms. The van der Waals surface area contributed by atoms with Gasteiger partial charge in [0.05, 0.1) is 6.04 Å². The normalized spacial score (nSPS) is 12.3. The van der Waals surface area contributed by atoms with E-state index in [-0.39, 0.29) is 6.04 Å². The van der Waals surface area contributed by atoms with Crippen LogP contribution >= 0.6 is 0 Å². The first-order valence-corrected chi connectivity index (χ1v) is 8.55. The molecular formula is C21H27NO. The monoisotopic (exact) mass is 309 g/mol. The summed E-state index contributed by atoms with van der Waals surface area (Å²) < 4.78 is 0. The van der Waals surface area contributed by atoms with Gasteiger partial charge in [0, 0.05) is 19.5 Å². The first-order chi connectivity index (χ1) is 11.2. The Bertz CT molecular complexity index is 538. The minimum atomic E-state index is -0.0537. The fourth-order valence-electron chi connectivity index (χ4n) is 2.73. The zero-order valence-electron chi connectivity index (χ0n) is 14.2. The van der Waals surface area contributed by atoms with Gasteiger partial charge in [0.2, 0.25) is 0 Å². The molecule has 23 heavy (non-hydrogen) atoms. The zero-order valence-corrected chi connectivity index (χ0v) is 14.2. The SMILES string of the molecule is CCCCC(=O)[C@H](C)N(Cc1ccccc1)Cc1ccccc1. The van der Waals surface area contributed by atoms with Crippen molar-refractivity contribution in [3.63, 3.8) is 0 Å². The zero-order chi connectivity index (χ0) is 16.5. The van der Waals surface area contributed by atoms with Gasteiger partial charge >= 0.3 is 0 Å². The molecule has 0 aromatic heterocycles. The number of ketones is 1. The van der Waals surface area contributed by atoms with E-state index in [9.17, 15) is 4.79 Å². The summed E-state index contributed by atoms with van der Waals surface area (Å²) in [5, 5.41) is 0. The van der Waals surface area contributed by atoms with E-state index in [1.165, 1.54) is 11.1 Å². The van der Waals surface area contributed by atoms with E-state index in [2.05, 4.69) is 60.4 Å². The molecule has 0 saturated heterocycles.